The number of carbonyl (C=O) groups excluding carboxylic acids is 11. The molecule has 0 unspecified atom stereocenters. The Bertz CT molecular complexity index is 2820. The average Bonchev–Trinajstić information content (AvgIpc) is 1.90. The number of carboxylic acid groups (broad SMARTS) is 2. The maximum absolute atomic E-state index is 14.4. The number of benzene rings is 2. The summed E-state index contributed by atoms with van der Waals surface area (Å²) in [5.41, 5.74) is 33.6. The number of nitrogens with zero attached hydrogens (tertiary/aromatic N) is 1. The second kappa shape index (κ2) is 39.2. The van der Waals surface area contributed by atoms with E-state index < -0.39 is 195 Å². The van der Waals surface area contributed by atoms with Gasteiger partial charge in [0.25, 0.3) is 0 Å². The van der Waals surface area contributed by atoms with Crippen molar-refractivity contribution in [1.29, 1.82) is 0 Å². The SMILES string of the molecule is C[C@@H](O)[C@H](NC(=O)[C@H](CO)NC(=O)[C@H](CC(N)=O)NC(=O)[C@@H](N)CCCCN)C(=O)N[C@@H](CCC(N)=O)C(=O)N[C@@H](CCCN=C(N)N)C(=O)N[C@@H](Cc1ccc(O)cc1)C(=O)N[C@@H](CO)C(=O)N[C@@H](CCC(=O)O)C(=O)N[C@@H](Cc1ccc(O)cc1)C(=O)O. The summed E-state index contributed by atoms with van der Waals surface area (Å²) in [6.45, 7) is -1.21. The Morgan fingerprint density at radius 1 is 0.467 bits per heavy atom. The van der Waals surface area contributed by atoms with Gasteiger partial charge in [0.05, 0.1) is 31.8 Å². The molecule has 0 aromatic heterocycles. The van der Waals surface area contributed by atoms with Crippen LogP contribution in [0.5, 0.6) is 11.5 Å². The number of aliphatic imine (C=N–C) groups is 1. The molecule has 36 heteroatoms. The molecule has 0 heterocycles. The van der Waals surface area contributed by atoms with E-state index in [2.05, 4.69) is 52.8 Å². The number of phenolic OH excluding ortho intramolecular Hbond substituents is 2. The Labute approximate surface area is 514 Å². The zero-order chi connectivity index (χ0) is 67.8. The number of nitrogens with one attached hydrogen (secondary N) is 9. The topological polar surface area (TPSA) is 640 Å². The van der Waals surface area contributed by atoms with Crippen molar-refractivity contribution in [1.82, 2.24) is 47.9 Å². The molecule has 0 spiro atoms. The van der Waals surface area contributed by atoms with E-state index in [-0.39, 0.29) is 55.3 Å². The first-order valence-electron chi connectivity index (χ1n) is 28.1. The first-order chi connectivity index (χ1) is 42.4. The summed E-state index contributed by atoms with van der Waals surface area (Å²) in [6.07, 6.45) is -5.34. The lowest BCUT2D eigenvalue weighted by Gasteiger charge is -2.28. The van der Waals surface area contributed by atoms with Gasteiger partial charge in [-0.25, -0.2) is 4.79 Å². The molecule has 2 aromatic carbocycles. The molecule has 0 saturated carbocycles. The Hall–Kier alpha value is -9.78. The van der Waals surface area contributed by atoms with Crippen molar-refractivity contribution >= 4 is 82.9 Å². The number of nitrogens with two attached hydrogens (primary N) is 6. The Balaban J connectivity index is 2.50. The molecule has 2 rings (SSSR count). The van der Waals surface area contributed by atoms with Crippen LogP contribution in [-0.4, -0.2) is 211 Å². The number of carboxylic acids is 2. The number of unbranched alkanes of at least 4 members (excludes halogenated alkanes) is 1. The fraction of sp³-hybridized carbons (Fsp3) is 0.519. The third-order valence-electron chi connectivity index (χ3n) is 13.2. The van der Waals surface area contributed by atoms with Crippen LogP contribution < -0.4 is 82.3 Å². The van der Waals surface area contributed by atoms with Crippen LogP contribution in [0, 0.1) is 0 Å². The van der Waals surface area contributed by atoms with Crippen LogP contribution in [0.3, 0.4) is 0 Å². The number of aliphatic carboxylic acids is 2. The fourth-order valence-corrected chi connectivity index (χ4v) is 8.28. The maximum atomic E-state index is 14.4. The number of phenols is 2. The Morgan fingerprint density at radius 2 is 0.867 bits per heavy atom. The highest BCUT2D eigenvalue weighted by atomic mass is 16.4. The standard InChI is InChI=1S/C54H82N16O20/c1-26(73)43(70-51(87)39(25-72)69-49(85)36(23-41(58)77)65-44(80)31(56)5-2-3-19-55)52(88)64-33(15-17-40(57)76)46(82)62-32(6-4-20-61-54(59)60)45(81)66-35(21-27-7-11-29(74)12-8-27)48(84)68-38(24-71)50(86)63-34(16-18-42(78)79)47(83)67-37(53(89)90)22-28-9-13-30(75)14-10-28/h7-14,26,31-39,43,71-75H,2-6,15-25,55-56H2,1H3,(H2,57,76)(H2,58,77)(H,62,82)(H,63,86)(H,64,88)(H,65,80)(H,66,81)(H,67,83)(H,68,84)(H,69,85)(H,70,87)(H,78,79)(H,89,90)(H4,59,60,61)/t26-,31+,32+,33+,34+,35+,36+,37+,38+,39+,43+/m1/s1. The molecule has 0 aliphatic carbocycles. The first kappa shape index (κ1) is 76.3. The van der Waals surface area contributed by atoms with Gasteiger partial charge in [0.15, 0.2) is 5.96 Å². The van der Waals surface area contributed by atoms with Gasteiger partial charge in [0.2, 0.25) is 65.0 Å². The third-order valence-corrected chi connectivity index (χ3v) is 13.2. The highest BCUT2D eigenvalue weighted by Gasteiger charge is 2.37. The van der Waals surface area contributed by atoms with E-state index in [1.165, 1.54) is 48.5 Å². The minimum absolute atomic E-state index is 0.0894. The smallest absolute Gasteiger partial charge is 0.326 e. The number of guanidine groups is 1. The van der Waals surface area contributed by atoms with E-state index in [4.69, 9.17) is 34.4 Å². The third kappa shape index (κ3) is 28.4. The van der Waals surface area contributed by atoms with Crippen molar-refractivity contribution in [3.05, 3.63) is 59.7 Å². The minimum atomic E-state index is -2.03. The van der Waals surface area contributed by atoms with Crippen molar-refractivity contribution in [3.63, 3.8) is 0 Å². The van der Waals surface area contributed by atoms with Gasteiger partial charge in [-0.2, -0.15) is 0 Å². The second-order valence-corrected chi connectivity index (χ2v) is 20.6. The van der Waals surface area contributed by atoms with Crippen molar-refractivity contribution in [2.75, 3.05) is 26.3 Å². The molecule has 0 fully saturated rings. The fourth-order valence-electron chi connectivity index (χ4n) is 8.28. The monoisotopic (exact) mass is 1270 g/mol. The van der Waals surface area contributed by atoms with Crippen LogP contribution in [0.15, 0.2) is 53.5 Å². The molecule has 0 aliphatic heterocycles. The van der Waals surface area contributed by atoms with Gasteiger partial charge >= 0.3 is 11.9 Å². The number of hydrogen-bond acceptors (Lipinski definition) is 21. The molecule has 11 atom stereocenters. The van der Waals surface area contributed by atoms with Crippen molar-refractivity contribution < 1.29 is 98.1 Å². The van der Waals surface area contributed by atoms with Crippen LogP contribution >= 0.6 is 0 Å². The lowest BCUT2D eigenvalue weighted by Crippen LogP contribution is -2.62. The lowest BCUT2D eigenvalue weighted by molar-refractivity contribution is -0.143. The first-order valence-corrected chi connectivity index (χ1v) is 28.1. The number of amides is 11. The van der Waals surface area contributed by atoms with E-state index in [0.717, 1.165) is 6.92 Å². The predicted octanol–water partition coefficient (Wildman–Crippen LogP) is -8.79. The number of rotatable bonds is 42. The average molecular weight is 1280 g/mol. The van der Waals surface area contributed by atoms with Crippen molar-refractivity contribution in [3.8, 4) is 11.5 Å². The van der Waals surface area contributed by atoms with Gasteiger partial charge < -0.3 is 118 Å². The second-order valence-electron chi connectivity index (χ2n) is 20.6. The summed E-state index contributed by atoms with van der Waals surface area (Å²) in [5, 5.41) is 90.4. The van der Waals surface area contributed by atoms with E-state index in [9.17, 15) is 98.1 Å². The molecule has 11 amide bonds. The zero-order valence-electron chi connectivity index (χ0n) is 49.1. The zero-order valence-corrected chi connectivity index (χ0v) is 49.1. The highest BCUT2D eigenvalue weighted by Crippen LogP contribution is 2.15. The van der Waals surface area contributed by atoms with Crippen molar-refractivity contribution in [2.45, 2.75) is 150 Å². The summed E-state index contributed by atoms with van der Waals surface area (Å²) in [5.74, 6) is -16.6. The maximum Gasteiger partial charge on any atom is 0.326 e. The molecule has 0 radical (unpaired) electrons. The minimum Gasteiger partial charge on any atom is -0.508 e. The molecule has 0 saturated heterocycles. The molecule has 2 aromatic rings. The van der Waals surface area contributed by atoms with Gasteiger partial charge in [-0.05, 0) is 87.4 Å². The molecule has 0 aliphatic rings. The van der Waals surface area contributed by atoms with E-state index in [1.54, 1.807) is 0 Å². The predicted molar refractivity (Wildman–Crippen MR) is 314 cm³/mol. The van der Waals surface area contributed by atoms with E-state index in [0.29, 0.717) is 24.9 Å². The quantitative estimate of drug-likeness (QED) is 0.0167. The van der Waals surface area contributed by atoms with Crippen LogP contribution in [0.4, 0.5) is 0 Å². The van der Waals surface area contributed by atoms with Gasteiger partial charge in [0.1, 0.15) is 65.9 Å². The summed E-state index contributed by atoms with van der Waals surface area (Å²) < 4.78 is 0. The van der Waals surface area contributed by atoms with Crippen LogP contribution in [-0.2, 0) is 75.2 Å². The molecular formula is C54H82N16O20. The normalized spacial score (nSPS) is 14.6. The Morgan fingerprint density at radius 3 is 1.31 bits per heavy atom. The van der Waals surface area contributed by atoms with Gasteiger partial charge in [-0.3, -0.25) is 62.5 Å². The number of aliphatic hydroxyl groups excluding tert-OH is 3. The summed E-state index contributed by atoms with van der Waals surface area (Å²) in [4.78, 5) is 175. The van der Waals surface area contributed by atoms with E-state index >= 15 is 0 Å². The van der Waals surface area contributed by atoms with E-state index in [1.807, 2.05) is 0 Å². The van der Waals surface area contributed by atoms with Crippen LogP contribution in [0.2, 0.25) is 0 Å². The number of aromatic hydroxyl groups is 2. The largest absolute Gasteiger partial charge is 0.508 e. The van der Waals surface area contributed by atoms with Gasteiger partial charge in [-0.1, -0.05) is 30.7 Å². The summed E-state index contributed by atoms with van der Waals surface area (Å²) in [6, 6.07) is -7.17. The van der Waals surface area contributed by atoms with Crippen molar-refractivity contribution in [2.24, 2.45) is 39.4 Å². The van der Waals surface area contributed by atoms with Crippen LogP contribution in [0.1, 0.15) is 82.3 Å². The molecule has 90 heavy (non-hydrogen) atoms. The molecule has 28 N–H and O–H groups in total. The van der Waals surface area contributed by atoms with Gasteiger partial charge in [0, 0.05) is 32.2 Å². The number of hydrogen-bond donors (Lipinski definition) is 22. The molecule has 498 valence electrons. The number of primary amides is 2. The Kier molecular flexibility index (Phi) is 33.2. The number of carbonyl (C=O) groups is 13. The summed E-state index contributed by atoms with van der Waals surface area (Å²) in [7, 11) is 0. The molecule has 36 nitrogen and oxygen atoms in total. The van der Waals surface area contributed by atoms with Gasteiger partial charge in [-0.15, -0.1) is 0 Å². The van der Waals surface area contributed by atoms with Crippen LogP contribution in [0.25, 0.3) is 0 Å². The molecule has 0 bridgehead atoms. The number of aliphatic hydroxyl groups is 3. The molecular weight excluding hydrogens is 1190 g/mol. The highest BCUT2D eigenvalue weighted by molar-refractivity contribution is 5.99. The summed E-state index contributed by atoms with van der Waals surface area (Å²) >= 11 is 0. The lowest BCUT2D eigenvalue weighted by atomic mass is 10.0.